The molecule has 1 aliphatic heterocycles. The van der Waals surface area contributed by atoms with Crippen LogP contribution in [0.5, 0.6) is 0 Å². The second-order valence-corrected chi connectivity index (χ2v) is 5.78. The van der Waals surface area contributed by atoms with Gasteiger partial charge in [0, 0.05) is 39.3 Å². The molecule has 0 radical (unpaired) electrons. The first-order valence-electron chi connectivity index (χ1n) is 5.43. The molecular weight excluding hydrogens is 248 g/mol. The van der Waals surface area contributed by atoms with Crippen molar-refractivity contribution in [2.45, 2.75) is 5.37 Å². The van der Waals surface area contributed by atoms with Crippen molar-refractivity contribution in [3.05, 3.63) is 0 Å². The molecule has 102 valence electrons. The van der Waals surface area contributed by atoms with Crippen LogP contribution in [0.15, 0.2) is 0 Å². The Balaban J connectivity index is 2.36. The van der Waals surface area contributed by atoms with Crippen molar-refractivity contribution in [1.29, 1.82) is 0 Å². The standard InChI is InChI=1S/C8H20N4O4S/c9-8(17(14,15)16-10)7-12-3-1-11(2-4-12)5-6-13/h8,13H,1-7,9-10H2. The van der Waals surface area contributed by atoms with Crippen molar-refractivity contribution in [3.63, 3.8) is 0 Å². The number of β-amino-alcohol motifs (C(OH)–C–C–N with tert-alkyl or cyclic N) is 1. The number of rotatable bonds is 6. The van der Waals surface area contributed by atoms with Crippen LogP contribution >= 0.6 is 0 Å². The molecule has 0 spiro atoms. The van der Waals surface area contributed by atoms with Crippen molar-refractivity contribution in [2.75, 3.05) is 45.9 Å². The molecule has 9 heteroatoms. The van der Waals surface area contributed by atoms with Crippen molar-refractivity contribution in [1.82, 2.24) is 9.80 Å². The molecule has 17 heavy (non-hydrogen) atoms. The van der Waals surface area contributed by atoms with Crippen LogP contribution in [0.25, 0.3) is 0 Å². The molecule has 0 aliphatic carbocycles. The molecule has 0 amide bonds. The van der Waals surface area contributed by atoms with Gasteiger partial charge in [-0.1, -0.05) is 0 Å². The average molecular weight is 268 g/mol. The van der Waals surface area contributed by atoms with Crippen molar-refractivity contribution in [3.8, 4) is 0 Å². The van der Waals surface area contributed by atoms with Gasteiger partial charge >= 0.3 is 0 Å². The zero-order valence-corrected chi connectivity index (χ0v) is 10.5. The first-order valence-corrected chi connectivity index (χ1v) is 6.90. The van der Waals surface area contributed by atoms with Gasteiger partial charge in [-0.15, -0.1) is 0 Å². The molecule has 1 saturated heterocycles. The molecule has 8 nitrogen and oxygen atoms in total. The minimum absolute atomic E-state index is 0.134. The fourth-order valence-electron chi connectivity index (χ4n) is 1.75. The van der Waals surface area contributed by atoms with E-state index >= 15 is 0 Å². The fourth-order valence-corrected chi connectivity index (χ4v) is 2.29. The Morgan fingerprint density at radius 2 is 1.76 bits per heavy atom. The summed E-state index contributed by atoms with van der Waals surface area (Å²) >= 11 is 0. The summed E-state index contributed by atoms with van der Waals surface area (Å²) in [6.45, 7) is 3.99. The van der Waals surface area contributed by atoms with Crippen LogP contribution in [0, 0.1) is 0 Å². The van der Waals surface area contributed by atoms with Crippen LogP contribution in [0.2, 0.25) is 0 Å². The zero-order chi connectivity index (χ0) is 12.9. The van der Waals surface area contributed by atoms with Gasteiger partial charge in [0.15, 0.2) is 0 Å². The van der Waals surface area contributed by atoms with Crippen molar-refractivity contribution in [2.24, 2.45) is 11.6 Å². The quantitative estimate of drug-likeness (QED) is 0.439. The number of aliphatic hydroxyl groups is 1. The minimum atomic E-state index is -3.86. The largest absolute Gasteiger partial charge is 0.395 e. The Bertz CT molecular complexity index is 315. The molecule has 0 aromatic rings. The normalized spacial score (nSPS) is 21.6. The average Bonchev–Trinajstić information content (AvgIpc) is 2.32. The van der Waals surface area contributed by atoms with Crippen molar-refractivity contribution < 1.29 is 17.8 Å². The molecule has 1 aliphatic rings. The van der Waals surface area contributed by atoms with Gasteiger partial charge in [-0.3, -0.25) is 9.80 Å². The highest BCUT2D eigenvalue weighted by Gasteiger charge is 2.26. The Morgan fingerprint density at radius 1 is 1.24 bits per heavy atom. The van der Waals surface area contributed by atoms with Gasteiger partial charge in [0.05, 0.1) is 6.61 Å². The molecule has 1 heterocycles. The molecule has 0 saturated carbocycles. The molecule has 1 fully saturated rings. The Hall–Kier alpha value is -0.290. The summed E-state index contributed by atoms with van der Waals surface area (Å²) in [6, 6.07) is 0. The predicted octanol–water partition coefficient (Wildman–Crippen LogP) is -2.90. The van der Waals surface area contributed by atoms with Gasteiger partial charge in [-0.2, -0.15) is 18.6 Å². The van der Waals surface area contributed by atoms with Gasteiger partial charge in [0.1, 0.15) is 5.37 Å². The number of nitrogens with two attached hydrogens (primary N) is 2. The zero-order valence-electron chi connectivity index (χ0n) is 9.66. The van der Waals surface area contributed by atoms with Crippen LogP contribution in [0.1, 0.15) is 0 Å². The molecule has 0 aromatic heterocycles. The SMILES string of the molecule is NOS(=O)(=O)C(N)CN1CCN(CCO)CC1. The van der Waals surface area contributed by atoms with Crippen LogP contribution in [0.4, 0.5) is 0 Å². The van der Waals surface area contributed by atoms with E-state index in [2.05, 4.69) is 15.1 Å². The lowest BCUT2D eigenvalue weighted by molar-refractivity contribution is 0.112. The summed E-state index contributed by atoms with van der Waals surface area (Å²) < 4.78 is 26.3. The molecule has 0 aromatic carbocycles. The van der Waals surface area contributed by atoms with Gasteiger partial charge in [0.2, 0.25) is 0 Å². The minimum Gasteiger partial charge on any atom is -0.395 e. The topological polar surface area (TPSA) is 122 Å². The third kappa shape index (κ3) is 4.47. The number of hydrogen-bond donors (Lipinski definition) is 3. The monoisotopic (exact) mass is 268 g/mol. The number of nitrogens with zero attached hydrogens (tertiary/aromatic N) is 2. The van der Waals surface area contributed by atoms with Crippen molar-refractivity contribution >= 4 is 10.1 Å². The van der Waals surface area contributed by atoms with E-state index in [1.807, 2.05) is 4.90 Å². The Labute approximate surface area is 101 Å². The van der Waals surface area contributed by atoms with Gasteiger partial charge in [-0.25, -0.2) is 0 Å². The fraction of sp³-hybridized carbons (Fsp3) is 1.00. The highest BCUT2D eigenvalue weighted by Crippen LogP contribution is 2.04. The molecule has 1 atom stereocenters. The van der Waals surface area contributed by atoms with E-state index in [0.717, 1.165) is 13.1 Å². The molecular formula is C8H20N4O4S. The van der Waals surface area contributed by atoms with Gasteiger partial charge in [-0.05, 0) is 0 Å². The van der Waals surface area contributed by atoms with E-state index < -0.39 is 15.5 Å². The third-order valence-corrected chi connectivity index (χ3v) is 3.98. The third-order valence-electron chi connectivity index (χ3n) is 2.82. The van der Waals surface area contributed by atoms with Crippen LogP contribution in [-0.2, 0) is 14.4 Å². The lowest BCUT2D eigenvalue weighted by atomic mass is 10.3. The van der Waals surface area contributed by atoms with Crippen LogP contribution < -0.4 is 11.6 Å². The second-order valence-electron chi connectivity index (χ2n) is 3.99. The smallest absolute Gasteiger partial charge is 0.300 e. The number of hydrogen-bond acceptors (Lipinski definition) is 8. The van der Waals surface area contributed by atoms with Gasteiger partial charge in [0.25, 0.3) is 10.1 Å². The van der Waals surface area contributed by atoms with Gasteiger partial charge < -0.3 is 10.8 Å². The Kier molecular flexibility index (Phi) is 5.73. The highest BCUT2D eigenvalue weighted by molar-refractivity contribution is 7.87. The highest BCUT2D eigenvalue weighted by atomic mass is 32.2. The summed E-state index contributed by atoms with van der Waals surface area (Å²) in [5.74, 6) is 4.65. The van der Waals surface area contributed by atoms with E-state index in [4.69, 9.17) is 10.8 Å². The van der Waals surface area contributed by atoms with E-state index in [0.29, 0.717) is 19.6 Å². The summed E-state index contributed by atoms with van der Waals surface area (Å²) in [6.07, 6.45) is 0. The molecule has 0 bridgehead atoms. The number of aliphatic hydroxyl groups excluding tert-OH is 1. The van der Waals surface area contributed by atoms with E-state index in [9.17, 15) is 8.42 Å². The molecule has 5 N–H and O–H groups in total. The maximum absolute atomic E-state index is 11.2. The number of piperazine rings is 1. The molecule has 1 rings (SSSR count). The van der Waals surface area contributed by atoms with E-state index in [1.54, 1.807) is 0 Å². The van der Waals surface area contributed by atoms with Crippen LogP contribution in [-0.4, -0.2) is 74.6 Å². The summed E-state index contributed by atoms with van der Waals surface area (Å²) in [4.78, 5) is 4.05. The maximum atomic E-state index is 11.2. The molecule has 1 unspecified atom stereocenters. The first kappa shape index (κ1) is 14.8. The predicted molar refractivity (Wildman–Crippen MR) is 62.1 cm³/mol. The van der Waals surface area contributed by atoms with Crippen LogP contribution in [0.3, 0.4) is 0 Å². The van der Waals surface area contributed by atoms with E-state index in [1.165, 1.54) is 0 Å². The second kappa shape index (κ2) is 6.59. The maximum Gasteiger partial charge on any atom is 0.300 e. The lowest BCUT2D eigenvalue weighted by Gasteiger charge is -2.35. The summed E-state index contributed by atoms with van der Waals surface area (Å²) in [7, 11) is -3.86. The van der Waals surface area contributed by atoms with E-state index in [-0.39, 0.29) is 13.2 Å². The Morgan fingerprint density at radius 3 is 2.24 bits per heavy atom. The first-order chi connectivity index (χ1) is 7.99. The lowest BCUT2D eigenvalue weighted by Crippen LogP contribution is -2.52. The summed E-state index contributed by atoms with van der Waals surface area (Å²) in [5, 5.41) is 7.66. The summed E-state index contributed by atoms with van der Waals surface area (Å²) in [5.41, 5.74) is 5.50.